The summed E-state index contributed by atoms with van der Waals surface area (Å²) in [6.45, 7) is 9.51. The highest BCUT2D eigenvalue weighted by Crippen LogP contribution is 2.37. The number of hydrogen-bond donors (Lipinski definition) is 0. The van der Waals surface area contributed by atoms with E-state index in [1.165, 1.54) is 29.4 Å². The summed E-state index contributed by atoms with van der Waals surface area (Å²) in [6, 6.07) is 26.3. The largest absolute Gasteiger partial charge is 0.391 e. The zero-order valence-electron chi connectivity index (χ0n) is 14.4. The molecule has 1 unspecified atom stereocenters. The van der Waals surface area contributed by atoms with Crippen LogP contribution in [-0.4, -0.2) is 8.24 Å². The first-order valence-electron chi connectivity index (χ1n) is 8.57. The molecule has 2 heteroatoms. The van der Waals surface area contributed by atoms with Crippen molar-refractivity contribution in [1.82, 2.24) is 0 Å². The fraction of sp³-hybridized carbons (Fsp3) is 0.400. The fourth-order valence-corrected chi connectivity index (χ4v) is 7.83. The highest BCUT2D eigenvalue weighted by molar-refractivity contribution is 6.83. The summed E-state index contributed by atoms with van der Waals surface area (Å²) in [5, 5.41) is 0. The smallest absolute Gasteiger partial charge is 0.156 e. The van der Waals surface area contributed by atoms with Crippen LogP contribution in [0.15, 0.2) is 60.7 Å². The highest BCUT2D eigenvalue weighted by Gasteiger charge is 2.37. The minimum absolute atomic E-state index is 0.426. The van der Waals surface area contributed by atoms with Crippen molar-refractivity contribution in [3.05, 3.63) is 66.2 Å². The lowest BCUT2D eigenvalue weighted by Crippen LogP contribution is -2.53. The van der Waals surface area contributed by atoms with E-state index in [4.69, 9.17) is 0 Å². The molecular weight excluding hydrogens is 282 g/mol. The summed E-state index contributed by atoms with van der Waals surface area (Å²) < 4.78 is 2.78. The molecule has 0 amide bonds. The molecule has 118 valence electrons. The first-order valence-corrected chi connectivity index (χ1v) is 11.1. The standard InChI is InChI=1S/C20H29NSi/c1-5-22(6-2,7-3)21(20-16-12-9-13-17-20)18(4)19-14-10-8-11-15-19/h8-18H,5-7H2,1-4H3. The van der Waals surface area contributed by atoms with Crippen molar-refractivity contribution in [2.24, 2.45) is 0 Å². The maximum absolute atomic E-state index is 2.78. The molecule has 0 N–H and O–H groups in total. The number of anilines is 1. The Bertz CT molecular complexity index is 540. The summed E-state index contributed by atoms with van der Waals surface area (Å²) in [6.07, 6.45) is 0. The Kier molecular flexibility index (Phi) is 5.84. The number of hydrogen-bond acceptors (Lipinski definition) is 1. The third kappa shape index (κ3) is 3.27. The van der Waals surface area contributed by atoms with Crippen molar-refractivity contribution >= 4 is 13.9 Å². The SMILES string of the molecule is CC[Si](CC)(CC)N(c1ccccc1)C(C)c1ccccc1. The molecule has 2 aromatic carbocycles. The van der Waals surface area contributed by atoms with Crippen LogP contribution in [0.25, 0.3) is 0 Å². The average Bonchev–Trinajstić information content (AvgIpc) is 2.61. The van der Waals surface area contributed by atoms with E-state index in [0.29, 0.717) is 6.04 Å². The highest BCUT2D eigenvalue weighted by atomic mass is 28.3. The second-order valence-corrected chi connectivity index (χ2v) is 11.1. The molecule has 0 aliphatic rings. The van der Waals surface area contributed by atoms with Gasteiger partial charge in [0.2, 0.25) is 0 Å². The molecule has 1 nitrogen and oxygen atoms in total. The third-order valence-corrected chi connectivity index (χ3v) is 10.8. The summed E-state index contributed by atoms with van der Waals surface area (Å²) in [5.41, 5.74) is 2.80. The molecule has 0 radical (unpaired) electrons. The molecule has 22 heavy (non-hydrogen) atoms. The lowest BCUT2D eigenvalue weighted by Gasteiger charge is -2.47. The Balaban J connectivity index is 2.51. The van der Waals surface area contributed by atoms with E-state index in [-0.39, 0.29) is 0 Å². The normalized spacial score (nSPS) is 12.9. The van der Waals surface area contributed by atoms with Crippen molar-refractivity contribution in [3.8, 4) is 0 Å². The van der Waals surface area contributed by atoms with Crippen LogP contribution in [0, 0.1) is 0 Å². The maximum Gasteiger partial charge on any atom is 0.156 e. The van der Waals surface area contributed by atoms with Gasteiger partial charge >= 0.3 is 0 Å². The van der Waals surface area contributed by atoms with E-state index < -0.39 is 8.24 Å². The van der Waals surface area contributed by atoms with Gasteiger partial charge in [0.05, 0.1) is 0 Å². The minimum Gasteiger partial charge on any atom is -0.391 e. The van der Waals surface area contributed by atoms with Crippen LogP contribution in [-0.2, 0) is 0 Å². The molecule has 2 rings (SSSR count). The average molecular weight is 312 g/mol. The summed E-state index contributed by atoms with van der Waals surface area (Å²) in [7, 11) is -1.50. The first-order chi connectivity index (χ1) is 10.7. The molecule has 1 atom stereocenters. The second kappa shape index (κ2) is 7.64. The predicted molar refractivity (Wildman–Crippen MR) is 101 cm³/mol. The van der Waals surface area contributed by atoms with Gasteiger partial charge in [0.25, 0.3) is 0 Å². The molecule has 0 aromatic heterocycles. The van der Waals surface area contributed by atoms with Gasteiger partial charge in [-0.25, -0.2) is 0 Å². The monoisotopic (exact) mass is 311 g/mol. The number of nitrogens with zero attached hydrogens (tertiary/aromatic N) is 1. The van der Waals surface area contributed by atoms with Crippen molar-refractivity contribution in [2.75, 3.05) is 4.57 Å². The first kappa shape index (κ1) is 16.8. The Hall–Kier alpha value is -1.54. The maximum atomic E-state index is 2.78. The van der Waals surface area contributed by atoms with Crippen molar-refractivity contribution in [2.45, 2.75) is 51.9 Å². The van der Waals surface area contributed by atoms with Crippen LogP contribution in [0.2, 0.25) is 18.1 Å². The molecule has 0 aliphatic heterocycles. The summed E-state index contributed by atoms with van der Waals surface area (Å²) in [4.78, 5) is 0. The molecule has 0 spiro atoms. The van der Waals surface area contributed by atoms with Gasteiger partial charge in [-0.1, -0.05) is 69.3 Å². The zero-order valence-corrected chi connectivity index (χ0v) is 15.4. The van der Waals surface area contributed by atoms with Gasteiger partial charge in [-0.3, -0.25) is 0 Å². The molecule has 0 aliphatic carbocycles. The Labute approximate surface area is 137 Å². The van der Waals surface area contributed by atoms with Crippen molar-refractivity contribution in [1.29, 1.82) is 0 Å². The quantitative estimate of drug-likeness (QED) is 0.545. The van der Waals surface area contributed by atoms with Gasteiger partial charge in [0, 0.05) is 11.7 Å². The lowest BCUT2D eigenvalue weighted by atomic mass is 10.1. The summed E-state index contributed by atoms with van der Waals surface area (Å²) >= 11 is 0. The zero-order chi connectivity index (χ0) is 16.0. The van der Waals surface area contributed by atoms with Gasteiger partial charge in [0.15, 0.2) is 8.24 Å². The molecule has 0 heterocycles. The number of rotatable bonds is 7. The Morgan fingerprint density at radius 1 is 0.773 bits per heavy atom. The van der Waals surface area contributed by atoms with Crippen molar-refractivity contribution in [3.63, 3.8) is 0 Å². The Morgan fingerprint density at radius 2 is 1.23 bits per heavy atom. The molecule has 2 aromatic rings. The van der Waals surface area contributed by atoms with Gasteiger partial charge < -0.3 is 4.57 Å². The van der Waals surface area contributed by atoms with Crippen LogP contribution >= 0.6 is 0 Å². The topological polar surface area (TPSA) is 3.24 Å². The third-order valence-electron chi connectivity index (χ3n) is 5.19. The van der Waals surface area contributed by atoms with Gasteiger partial charge in [-0.2, -0.15) is 0 Å². The number of benzene rings is 2. The Morgan fingerprint density at radius 3 is 1.68 bits per heavy atom. The van der Waals surface area contributed by atoms with E-state index in [1.54, 1.807) is 0 Å². The molecular formula is C20H29NSi. The van der Waals surface area contributed by atoms with Crippen LogP contribution in [0.1, 0.15) is 39.3 Å². The van der Waals surface area contributed by atoms with E-state index in [2.05, 4.69) is 92.9 Å². The van der Waals surface area contributed by atoms with E-state index in [0.717, 1.165) is 0 Å². The van der Waals surface area contributed by atoms with Gasteiger partial charge in [0.1, 0.15) is 0 Å². The predicted octanol–water partition coefficient (Wildman–Crippen LogP) is 6.26. The van der Waals surface area contributed by atoms with E-state index >= 15 is 0 Å². The van der Waals surface area contributed by atoms with E-state index in [1.807, 2.05) is 0 Å². The molecule has 0 bridgehead atoms. The minimum atomic E-state index is -1.50. The van der Waals surface area contributed by atoms with Crippen LogP contribution in [0.3, 0.4) is 0 Å². The van der Waals surface area contributed by atoms with Crippen LogP contribution in [0.5, 0.6) is 0 Å². The lowest BCUT2D eigenvalue weighted by molar-refractivity contribution is 0.775. The summed E-state index contributed by atoms with van der Waals surface area (Å²) in [5.74, 6) is 0. The second-order valence-electron chi connectivity index (χ2n) is 6.08. The van der Waals surface area contributed by atoms with Crippen LogP contribution < -0.4 is 4.57 Å². The fourth-order valence-electron chi connectivity index (χ4n) is 3.64. The molecule has 0 saturated heterocycles. The molecule has 0 fully saturated rings. The van der Waals surface area contributed by atoms with Crippen molar-refractivity contribution < 1.29 is 0 Å². The van der Waals surface area contributed by atoms with Gasteiger partial charge in [-0.05, 0) is 42.8 Å². The van der Waals surface area contributed by atoms with E-state index in [9.17, 15) is 0 Å². The molecule has 0 saturated carbocycles. The van der Waals surface area contributed by atoms with Gasteiger partial charge in [-0.15, -0.1) is 0 Å². The number of para-hydroxylation sites is 1. The van der Waals surface area contributed by atoms with Crippen LogP contribution in [0.4, 0.5) is 5.69 Å².